The monoisotopic (exact) mass is 331 g/mol. The first-order valence-electron chi connectivity index (χ1n) is 5.54. The van der Waals surface area contributed by atoms with E-state index in [1.807, 2.05) is 0 Å². The highest BCUT2D eigenvalue weighted by Crippen LogP contribution is 2.30. The van der Waals surface area contributed by atoms with Gasteiger partial charge in [0, 0.05) is 10.0 Å². The van der Waals surface area contributed by atoms with Gasteiger partial charge in [0.2, 0.25) is 0 Å². The molecule has 0 atom stereocenters. The number of nitrogens with one attached hydrogen (secondary N) is 1. The molecule has 0 spiro atoms. The van der Waals surface area contributed by atoms with Gasteiger partial charge in [0.15, 0.2) is 0 Å². The molecule has 0 aliphatic carbocycles. The Bertz CT molecular complexity index is 732. The van der Waals surface area contributed by atoms with Crippen LogP contribution in [0.2, 0.25) is 10.0 Å². The van der Waals surface area contributed by atoms with E-state index in [2.05, 4.69) is 4.72 Å². The van der Waals surface area contributed by atoms with Crippen molar-refractivity contribution in [2.24, 2.45) is 0 Å². The number of benzene rings is 2. The van der Waals surface area contributed by atoms with Gasteiger partial charge >= 0.3 is 0 Å². The third-order valence-electron chi connectivity index (χ3n) is 2.51. The summed E-state index contributed by atoms with van der Waals surface area (Å²) in [7, 11) is -2.31. The molecule has 2 aromatic carbocycles. The maximum atomic E-state index is 12.3. The van der Waals surface area contributed by atoms with E-state index in [4.69, 9.17) is 27.9 Å². The lowest BCUT2D eigenvalue weighted by atomic mass is 10.3. The van der Waals surface area contributed by atoms with Crippen LogP contribution in [0.25, 0.3) is 0 Å². The van der Waals surface area contributed by atoms with Crippen LogP contribution in [-0.2, 0) is 10.0 Å². The Hall–Kier alpha value is -1.43. The van der Waals surface area contributed by atoms with Gasteiger partial charge < -0.3 is 4.74 Å². The van der Waals surface area contributed by atoms with E-state index in [1.54, 1.807) is 24.3 Å². The minimum atomic E-state index is -3.76. The number of sulfonamides is 1. The highest BCUT2D eigenvalue weighted by atomic mass is 35.5. The fourth-order valence-electron chi connectivity index (χ4n) is 1.60. The molecule has 4 nitrogen and oxygen atoms in total. The van der Waals surface area contributed by atoms with Crippen LogP contribution < -0.4 is 9.46 Å². The summed E-state index contributed by atoms with van der Waals surface area (Å²) in [5.74, 6) is 0.375. The topological polar surface area (TPSA) is 55.4 Å². The molecule has 0 aromatic heterocycles. The minimum absolute atomic E-state index is 0.0621. The highest BCUT2D eigenvalue weighted by molar-refractivity contribution is 7.92. The Morgan fingerprint density at radius 2 is 1.75 bits per heavy atom. The molecule has 0 saturated carbocycles. The number of rotatable bonds is 4. The van der Waals surface area contributed by atoms with Crippen molar-refractivity contribution in [3.05, 3.63) is 52.5 Å². The molecule has 0 radical (unpaired) electrons. The van der Waals surface area contributed by atoms with Gasteiger partial charge in [0.25, 0.3) is 10.0 Å². The van der Waals surface area contributed by atoms with Crippen LogP contribution in [0.15, 0.2) is 47.4 Å². The van der Waals surface area contributed by atoms with Gasteiger partial charge in [0.1, 0.15) is 5.75 Å². The lowest BCUT2D eigenvalue weighted by Crippen LogP contribution is -2.13. The molecule has 1 N–H and O–H groups in total. The summed E-state index contributed by atoms with van der Waals surface area (Å²) in [4.78, 5) is 0.0621. The maximum absolute atomic E-state index is 12.3. The molecule has 0 saturated heterocycles. The van der Waals surface area contributed by atoms with Crippen LogP contribution >= 0.6 is 23.2 Å². The summed E-state index contributed by atoms with van der Waals surface area (Å²) >= 11 is 11.7. The van der Waals surface area contributed by atoms with Crippen LogP contribution in [0, 0.1) is 0 Å². The van der Waals surface area contributed by atoms with Crippen LogP contribution in [-0.4, -0.2) is 15.5 Å². The lowest BCUT2D eigenvalue weighted by molar-refractivity contribution is 0.417. The quantitative estimate of drug-likeness (QED) is 0.926. The molecule has 2 rings (SSSR count). The molecule has 2 aromatic rings. The largest absolute Gasteiger partial charge is 0.495 e. The van der Waals surface area contributed by atoms with Crippen LogP contribution in [0.4, 0.5) is 5.69 Å². The second kappa shape index (κ2) is 5.91. The summed E-state index contributed by atoms with van der Waals surface area (Å²) in [5, 5.41) is 0.737. The SMILES string of the molecule is COc1ccc(Cl)cc1NS(=O)(=O)c1cccc(Cl)c1. The molecule has 0 heterocycles. The third kappa shape index (κ3) is 3.36. The standard InChI is InChI=1S/C13H11Cl2NO3S/c1-19-13-6-5-10(15)8-12(13)16-20(17,18)11-4-2-3-9(14)7-11/h2-8,16H,1H3. The first kappa shape index (κ1) is 15.0. The van der Waals surface area contributed by atoms with Gasteiger partial charge in [-0.25, -0.2) is 8.42 Å². The second-order valence-corrected chi connectivity index (χ2v) is 6.46. The summed E-state index contributed by atoms with van der Waals surface area (Å²) < 4.78 is 32.1. The van der Waals surface area contributed by atoms with Crippen molar-refractivity contribution in [2.45, 2.75) is 4.90 Å². The first-order valence-corrected chi connectivity index (χ1v) is 7.78. The van der Waals surface area contributed by atoms with E-state index >= 15 is 0 Å². The van der Waals surface area contributed by atoms with Gasteiger partial charge in [-0.05, 0) is 36.4 Å². The predicted molar refractivity (Wildman–Crippen MR) is 80.3 cm³/mol. The summed E-state index contributed by atoms with van der Waals surface area (Å²) in [6.45, 7) is 0. The molecule has 0 amide bonds. The molecule has 0 unspecified atom stereocenters. The zero-order chi connectivity index (χ0) is 14.8. The van der Waals surface area contributed by atoms with E-state index in [1.165, 1.54) is 25.3 Å². The normalized spacial score (nSPS) is 11.2. The average molecular weight is 332 g/mol. The van der Waals surface area contributed by atoms with Crippen molar-refractivity contribution >= 4 is 38.9 Å². The molecule has 0 bridgehead atoms. The van der Waals surface area contributed by atoms with E-state index in [9.17, 15) is 8.42 Å². The molecule has 106 valence electrons. The number of hydrogen-bond donors (Lipinski definition) is 1. The van der Waals surface area contributed by atoms with Crippen LogP contribution in [0.1, 0.15) is 0 Å². The Morgan fingerprint density at radius 1 is 1.05 bits per heavy atom. The van der Waals surface area contributed by atoms with Gasteiger partial charge in [-0.2, -0.15) is 0 Å². The number of methoxy groups -OCH3 is 1. The zero-order valence-corrected chi connectivity index (χ0v) is 12.8. The smallest absolute Gasteiger partial charge is 0.262 e. The Balaban J connectivity index is 2.40. The number of halogens is 2. The van der Waals surface area contributed by atoms with Crippen LogP contribution in [0.5, 0.6) is 5.75 Å². The van der Waals surface area contributed by atoms with Gasteiger partial charge in [-0.3, -0.25) is 4.72 Å². The van der Waals surface area contributed by atoms with Crippen molar-refractivity contribution in [1.29, 1.82) is 0 Å². The average Bonchev–Trinajstić information content (AvgIpc) is 2.38. The first-order chi connectivity index (χ1) is 9.42. The zero-order valence-electron chi connectivity index (χ0n) is 10.4. The molecule has 0 aliphatic heterocycles. The van der Waals surface area contributed by atoms with Crippen molar-refractivity contribution in [2.75, 3.05) is 11.8 Å². The van der Waals surface area contributed by atoms with Crippen molar-refractivity contribution in [1.82, 2.24) is 0 Å². The third-order valence-corrected chi connectivity index (χ3v) is 4.35. The maximum Gasteiger partial charge on any atom is 0.262 e. The van der Waals surface area contributed by atoms with Gasteiger partial charge in [-0.15, -0.1) is 0 Å². The fraction of sp³-hybridized carbons (Fsp3) is 0.0769. The van der Waals surface area contributed by atoms with Gasteiger partial charge in [0.05, 0.1) is 17.7 Å². The fourth-order valence-corrected chi connectivity index (χ4v) is 3.13. The Labute approximate surface area is 127 Å². The molecular weight excluding hydrogens is 321 g/mol. The number of anilines is 1. The van der Waals surface area contributed by atoms with E-state index in [0.29, 0.717) is 15.8 Å². The predicted octanol–water partition coefficient (Wildman–Crippen LogP) is 3.80. The van der Waals surface area contributed by atoms with E-state index in [-0.39, 0.29) is 10.6 Å². The number of ether oxygens (including phenoxy) is 1. The van der Waals surface area contributed by atoms with Crippen molar-refractivity contribution in [3.8, 4) is 5.75 Å². The molecule has 7 heteroatoms. The minimum Gasteiger partial charge on any atom is -0.495 e. The summed E-state index contributed by atoms with van der Waals surface area (Å²) in [5.41, 5.74) is 0.264. The Kier molecular flexibility index (Phi) is 4.42. The Morgan fingerprint density at radius 3 is 2.40 bits per heavy atom. The van der Waals surface area contributed by atoms with E-state index < -0.39 is 10.0 Å². The van der Waals surface area contributed by atoms with Gasteiger partial charge in [-0.1, -0.05) is 29.3 Å². The van der Waals surface area contributed by atoms with Crippen LogP contribution in [0.3, 0.4) is 0 Å². The highest BCUT2D eigenvalue weighted by Gasteiger charge is 2.17. The van der Waals surface area contributed by atoms with E-state index in [0.717, 1.165) is 0 Å². The summed E-state index contributed by atoms with van der Waals surface area (Å²) in [6, 6.07) is 10.6. The lowest BCUT2D eigenvalue weighted by Gasteiger charge is -2.12. The van der Waals surface area contributed by atoms with Crippen molar-refractivity contribution in [3.63, 3.8) is 0 Å². The molecule has 0 aliphatic rings. The molecule has 0 fully saturated rings. The molecule has 20 heavy (non-hydrogen) atoms. The van der Waals surface area contributed by atoms with Crippen molar-refractivity contribution < 1.29 is 13.2 Å². The number of hydrogen-bond acceptors (Lipinski definition) is 3. The molecular formula is C13H11Cl2NO3S. The summed E-state index contributed by atoms with van der Waals surface area (Å²) in [6.07, 6.45) is 0. The second-order valence-electron chi connectivity index (χ2n) is 3.91.